The molecule has 0 saturated heterocycles. The van der Waals surface area contributed by atoms with E-state index in [1.165, 1.54) is 0 Å². The molecule has 0 heterocycles. The van der Waals surface area contributed by atoms with Crippen molar-refractivity contribution in [2.45, 2.75) is 13.8 Å². The smallest absolute Gasteiger partial charge is 0.343 e. The zero-order valence-corrected chi connectivity index (χ0v) is 15.7. The highest BCUT2D eigenvalue weighted by Gasteiger charge is 2.13. The van der Waals surface area contributed by atoms with Crippen LogP contribution in [0.25, 0.3) is 10.8 Å². The fourth-order valence-electron chi connectivity index (χ4n) is 2.44. The van der Waals surface area contributed by atoms with Gasteiger partial charge in [0.15, 0.2) is 0 Å². The van der Waals surface area contributed by atoms with E-state index in [0.29, 0.717) is 23.8 Å². The molecule has 3 nitrogen and oxygen atoms in total. The van der Waals surface area contributed by atoms with Gasteiger partial charge in [-0.25, -0.2) is 4.79 Å². The number of ether oxygens (including phenoxy) is 2. The molecule has 0 atom stereocenters. The summed E-state index contributed by atoms with van der Waals surface area (Å²) in [5, 5.41) is 1.95. The molecule has 4 heteroatoms. The monoisotopic (exact) mass is 398 g/mol. The summed E-state index contributed by atoms with van der Waals surface area (Å²) in [6.45, 7) is 4.80. The maximum absolute atomic E-state index is 12.5. The van der Waals surface area contributed by atoms with Crippen LogP contribution in [0.15, 0.2) is 65.1 Å². The van der Waals surface area contributed by atoms with Crippen molar-refractivity contribution in [1.82, 2.24) is 0 Å². The van der Waals surface area contributed by atoms with Gasteiger partial charge in [-0.15, -0.1) is 0 Å². The van der Waals surface area contributed by atoms with Gasteiger partial charge in [0.25, 0.3) is 0 Å². The molecule has 0 amide bonds. The van der Waals surface area contributed by atoms with Crippen LogP contribution in [-0.4, -0.2) is 12.6 Å². The number of halogens is 1. The van der Waals surface area contributed by atoms with Crippen molar-refractivity contribution in [2.75, 3.05) is 6.61 Å². The van der Waals surface area contributed by atoms with Gasteiger partial charge in [0.05, 0.1) is 16.6 Å². The van der Waals surface area contributed by atoms with E-state index in [4.69, 9.17) is 9.47 Å². The van der Waals surface area contributed by atoms with E-state index in [9.17, 15) is 4.79 Å². The van der Waals surface area contributed by atoms with Crippen LogP contribution in [0.2, 0.25) is 0 Å². The predicted molar refractivity (Wildman–Crippen MR) is 103 cm³/mol. The molecule has 0 aromatic heterocycles. The number of carbonyl (C=O) groups is 1. The van der Waals surface area contributed by atoms with E-state index < -0.39 is 5.97 Å². The zero-order chi connectivity index (χ0) is 17.8. The summed E-state index contributed by atoms with van der Waals surface area (Å²) in [5.41, 5.74) is 0.469. The van der Waals surface area contributed by atoms with Crippen molar-refractivity contribution < 1.29 is 14.3 Å². The van der Waals surface area contributed by atoms with E-state index in [1.54, 1.807) is 24.3 Å². The molecule has 0 N–H and O–H groups in total. The summed E-state index contributed by atoms with van der Waals surface area (Å²) < 4.78 is 12.1. The SMILES string of the molecule is CC(C)COc1ccc(C(=O)Oc2cccc3ccccc23)cc1Br. The summed E-state index contributed by atoms with van der Waals surface area (Å²) in [6, 6.07) is 18.7. The number of carbonyl (C=O) groups excluding carboxylic acids is 1. The molecule has 25 heavy (non-hydrogen) atoms. The minimum atomic E-state index is -0.396. The highest BCUT2D eigenvalue weighted by atomic mass is 79.9. The van der Waals surface area contributed by atoms with Crippen molar-refractivity contribution in [3.8, 4) is 11.5 Å². The van der Waals surface area contributed by atoms with Gasteiger partial charge in [-0.05, 0) is 51.5 Å². The molecule has 0 fully saturated rings. The minimum Gasteiger partial charge on any atom is -0.492 e. The third kappa shape index (κ3) is 4.20. The molecule has 0 saturated carbocycles. The van der Waals surface area contributed by atoms with Crippen LogP contribution in [0.5, 0.6) is 11.5 Å². The van der Waals surface area contributed by atoms with Gasteiger partial charge >= 0.3 is 5.97 Å². The van der Waals surface area contributed by atoms with E-state index in [2.05, 4.69) is 29.8 Å². The van der Waals surface area contributed by atoms with Gasteiger partial charge in [-0.1, -0.05) is 50.2 Å². The lowest BCUT2D eigenvalue weighted by atomic mass is 10.1. The van der Waals surface area contributed by atoms with Crippen molar-refractivity contribution >= 4 is 32.7 Å². The Balaban J connectivity index is 1.80. The van der Waals surface area contributed by atoms with E-state index in [1.807, 2.05) is 36.4 Å². The molecule has 0 aliphatic carbocycles. The minimum absolute atomic E-state index is 0.396. The first-order valence-corrected chi connectivity index (χ1v) is 8.96. The molecule has 0 spiro atoms. The average Bonchev–Trinajstić information content (AvgIpc) is 2.60. The van der Waals surface area contributed by atoms with E-state index in [-0.39, 0.29) is 0 Å². The largest absolute Gasteiger partial charge is 0.492 e. The number of rotatable bonds is 5. The van der Waals surface area contributed by atoms with Crippen LogP contribution in [-0.2, 0) is 0 Å². The topological polar surface area (TPSA) is 35.5 Å². The standard InChI is InChI=1S/C21H19BrO3/c1-14(2)13-24-20-11-10-16(12-18(20)22)21(23)25-19-9-5-7-15-6-3-4-8-17(15)19/h3-12,14H,13H2,1-2H3. The molecule has 128 valence electrons. The normalized spacial score (nSPS) is 10.9. The molecule has 3 aromatic rings. The second kappa shape index (κ2) is 7.70. The van der Waals surface area contributed by atoms with Gasteiger partial charge in [0.2, 0.25) is 0 Å². The van der Waals surface area contributed by atoms with E-state index >= 15 is 0 Å². The molecule has 0 aliphatic rings. The van der Waals surface area contributed by atoms with Crippen molar-refractivity contribution in [3.05, 3.63) is 70.7 Å². The summed E-state index contributed by atoms with van der Waals surface area (Å²) in [7, 11) is 0. The van der Waals surface area contributed by atoms with Gasteiger partial charge in [0.1, 0.15) is 11.5 Å². The molecule has 3 rings (SSSR count). The maximum atomic E-state index is 12.5. The first-order chi connectivity index (χ1) is 12.0. The van der Waals surface area contributed by atoms with Crippen LogP contribution in [0.3, 0.4) is 0 Å². The molecular weight excluding hydrogens is 380 g/mol. The predicted octanol–water partition coefficient (Wildman–Crippen LogP) is 5.86. The Bertz CT molecular complexity index is 897. The third-order valence-electron chi connectivity index (χ3n) is 3.69. The Labute approximate surface area is 155 Å². The summed E-state index contributed by atoms with van der Waals surface area (Å²) in [5.74, 6) is 1.31. The van der Waals surface area contributed by atoms with Crippen molar-refractivity contribution in [3.63, 3.8) is 0 Å². The molecule has 3 aromatic carbocycles. The summed E-state index contributed by atoms with van der Waals surface area (Å²) >= 11 is 3.46. The highest BCUT2D eigenvalue weighted by Crippen LogP contribution is 2.29. The second-order valence-corrected chi connectivity index (χ2v) is 7.07. The van der Waals surface area contributed by atoms with Crippen molar-refractivity contribution in [1.29, 1.82) is 0 Å². The average molecular weight is 399 g/mol. The lowest BCUT2D eigenvalue weighted by Gasteiger charge is -2.12. The molecule has 0 aliphatic heterocycles. The number of esters is 1. The first-order valence-electron chi connectivity index (χ1n) is 8.17. The Kier molecular flexibility index (Phi) is 5.39. The lowest BCUT2D eigenvalue weighted by Crippen LogP contribution is -2.09. The number of fused-ring (bicyclic) bond motifs is 1. The second-order valence-electron chi connectivity index (χ2n) is 6.22. The zero-order valence-electron chi connectivity index (χ0n) is 14.2. The quantitative estimate of drug-likeness (QED) is 0.399. The fraction of sp³-hybridized carbons (Fsp3) is 0.190. The van der Waals surface area contributed by atoms with Gasteiger partial charge < -0.3 is 9.47 Å². The lowest BCUT2D eigenvalue weighted by molar-refractivity contribution is 0.0737. The van der Waals surface area contributed by atoms with Crippen LogP contribution in [0.1, 0.15) is 24.2 Å². The van der Waals surface area contributed by atoms with Gasteiger partial charge in [-0.2, -0.15) is 0 Å². The summed E-state index contributed by atoms with van der Waals surface area (Å²) in [4.78, 5) is 12.5. The van der Waals surface area contributed by atoms with Crippen LogP contribution in [0, 0.1) is 5.92 Å². The van der Waals surface area contributed by atoms with E-state index in [0.717, 1.165) is 21.0 Å². The Hall–Kier alpha value is -2.33. The molecule has 0 radical (unpaired) electrons. The summed E-state index contributed by atoms with van der Waals surface area (Å²) in [6.07, 6.45) is 0. The Morgan fingerprint density at radius 1 is 1.00 bits per heavy atom. The Morgan fingerprint density at radius 3 is 2.52 bits per heavy atom. The molecule has 0 bridgehead atoms. The number of hydrogen-bond donors (Lipinski definition) is 0. The van der Waals surface area contributed by atoms with Crippen LogP contribution in [0.4, 0.5) is 0 Å². The third-order valence-corrected chi connectivity index (χ3v) is 4.31. The van der Waals surface area contributed by atoms with Crippen LogP contribution >= 0.6 is 15.9 Å². The van der Waals surface area contributed by atoms with Gasteiger partial charge in [0, 0.05) is 5.39 Å². The molecule has 0 unspecified atom stereocenters. The van der Waals surface area contributed by atoms with Gasteiger partial charge in [-0.3, -0.25) is 0 Å². The first kappa shape index (κ1) is 17.5. The maximum Gasteiger partial charge on any atom is 0.343 e. The number of benzene rings is 3. The fourth-order valence-corrected chi connectivity index (χ4v) is 2.94. The highest BCUT2D eigenvalue weighted by molar-refractivity contribution is 9.10. The Morgan fingerprint density at radius 2 is 1.76 bits per heavy atom. The van der Waals surface area contributed by atoms with Crippen molar-refractivity contribution in [2.24, 2.45) is 5.92 Å². The van der Waals surface area contributed by atoms with Crippen LogP contribution < -0.4 is 9.47 Å². The molecular formula is C21H19BrO3. The number of hydrogen-bond acceptors (Lipinski definition) is 3.